The Kier molecular flexibility index (Phi) is 56.8. The summed E-state index contributed by atoms with van der Waals surface area (Å²) >= 11 is 0. The fraction of sp³-hybridized carbons (Fsp3) is 0.200. The predicted molar refractivity (Wildman–Crippen MR) is 291 cm³/mol. The summed E-state index contributed by atoms with van der Waals surface area (Å²) in [5, 5.41) is 110. The fourth-order valence-corrected chi connectivity index (χ4v) is 5.48. The third-order valence-electron chi connectivity index (χ3n) is 7.92. The molecule has 0 N–H and O–H groups in total. The van der Waals surface area contributed by atoms with Gasteiger partial charge in [0, 0.05) is 58.0 Å². The molecule has 0 amide bonds. The first-order valence-electron chi connectivity index (χ1n) is 22.1. The van der Waals surface area contributed by atoms with E-state index in [4.69, 9.17) is 123 Å². The van der Waals surface area contributed by atoms with E-state index < -0.39 is 30.5 Å². The Bertz CT molecular complexity index is 2550. The summed E-state index contributed by atoms with van der Waals surface area (Å²) in [6, 6.07) is 40.6. The number of hydrogen-bond donors (Lipinski definition) is 0. The smallest absolute Gasteiger partial charge is 0.356 e. The van der Waals surface area contributed by atoms with E-state index >= 15 is 0 Å². The molecule has 0 aliphatic carbocycles. The van der Waals surface area contributed by atoms with E-state index in [1.54, 1.807) is 55.4 Å². The number of rotatable bonds is 15. The van der Waals surface area contributed by atoms with Gasteiger partial charge < -0.3 is 107 Å². The molecule has 0 fully saturated rings. The van der Waals surface area contributed by atoms with Gasteiger partial charge in [0.15, 0.2) is 0 Å². The molecule has 87 heavy (non-hydrogen) atoms. The van der Waals surface area contributed by atoms with E-state index in [0.717, 1.165) is 34.2 Å². The van der Waals surface area contributed by atoms with Crippen LogP contribution in [-0.2, 0) is 97.7 Å². The van der Waals surface area contributed by atoms with E-state index in [9.17, 15) is 0 Å². The van der Waals surface area contributed by atoms with E-state index in [0.29, 0.717) is 57.1 Å². The summed E-state index contributed by atoms with van der Waals surface area (Å²) in [5.74, 6) is 1.43. The summed E-state index contributed by atoms with van der Waals surface area (Å²) in [6.45, 7) is 6.97. The minimum atomic E-state index is -1.75. The normalized spacial score (nSPS) is 8.28. The topological polar surface area (TPSA) is 594 Å². The summed E-state index contributed by atoms with van der Waals surface area (Å²) in [5.41, 5.74) is 5.22. The van der Waals surface area contributed by atoms with Crippen LogP contribution in [-0.4, -0.2) is 75.4 Å². The van der Waals surface area contributed by atoms with Crippen LogP contribution in [0.2, 0.25) is 0 Å². The molecule has 42 heteroatoms. The minimum absolute atomic E-state index is 0. The van der Waals surface area contributed by atoms with Gasteiger partial charge in [-0.15, -0.1) is 0 Å². The van der Waals surface area contributed by atoms with Gasteiger partial charge in [0.25, 0.3) is 0 Å². The van der Waals surface area contributed by atoms with Crippen molar-refractivity contribution in [3.8, 4) is 18.2 Å². The van der Waals surface area contributed by atoms with Crippen molar-refractivity contribution < 1.29 is 89.0 Å². The van der Waals surface area contributed by atoms with Crippen LogP contribution in [0.1, 0.15) is 54.9 Å². The van der Waals surface area contributed by atoms with Crippen LogP contribution < -0.4 is 14.7 Å². The molecule has 0 saturated heterocycles. The molecule has 444 valence electrons. The number of hydrogen-bond acceptors (Lipinski definition) is 33. The van der Waals surface area contributed by atoms with Gasteiger partial charge in [-0.3, -0.25) is 29.9 Å². The molecule has 0 atom stereocenters. The fourth-order valence-electron chi connectivity index (χ4n) is 5.48. The summed E-state index contributed by atoms with van der Waals surface area (Å²) in [6.07, 6.45) is 10.8. The van der Waals surface area contributed by atoms with Crippen molar-refractivity contribution in [2.45, 2.75) is 60.0 Å². The second kappa shape index (κ2) is 56.7. The van der Waals surface area contributed by atoms with Crippen LogP contribution in [0.5, 0.6) is 0 Å². The number of anilines is 3. The van der Waals surface area contributed by atoms with Crippen molar-refractivity contribution >= 4 is 17.8 Å². The molecule has 7 rings (SSSR count). The molecular weight excluding hydrogens is 1320 g/mol. The molecule has 0 aliphatic rings. The zero-order chi connectivity index (χ0) is 64.1. The van der Waals surface area contributed by atoms with E-state index in [-0.39, 0.29) is 58.4 Å². The number of nitrogens with zero attached hydrogens (tertiary/aromatic N) is 21. The van der Waals surface area contributed by atoms with Crippen LogP contribution in [0.25, 0.3) is 0 Å². The zero-order valence-corrected chi connectivity index (χ0v) is 54.9. The van der Waals surface area contributed by atoms with Gasteiger partial charge in [-0.1, -0.05) is 36.4 Å². The Labute approximate surface area is 530 Å². The van der Waals surface area contributed by atoms with Crippen molar-refractivity contribution in [1.29, 1.82) is 15.8 Å². The Hall–Kier alpha value is -11.1. The number of pyridine rings is 6. The molecule has 0 saturated carbocycles. The maximum atomic E-state index is 8.25. The molecule has 0 aliphatic heterocycles. The van der Waals surface area contributed by atoms with Crippen molar-refractivity contribution in [2.24, 2.45) is 0 Å². The largest absolute Gasteiger partial charge is 2.00 e. The maximum Gasteiger partial charge on any atom is 2.00 e. The van der Waals surface area contributed by atoms with E-state index in [1.165, 1.54) is 20.8 Å². The predicted octanol–water partition coefficient (Wildman–Crippen LogP) is 6.01. The third-order valence-corrected chi connectivity index (χ3v) is 7.92. The van der Waals surface area contributed by atoms with Crippen LogP contribution in [0, 0.1) is 126 Å². The van der Waals surface area contributed by atoms with Gasteiger partial charge in [0.05, 0.1) is 122 Å². The minimum Gasteiger partial charge on any atom is -0.356 e. The standard InChI is InChI=1S/C39H36N12.3C2H3N.6NO3.3Zn/c1-7-19-40-31(13-1)25-49(26-32-14-2-8-20-41-32)37-46-38(50(27-33-15-3-9-21-42-33)28-34-16-4-10-22-43-34)48-39(47-37)51(29-35-17-5-11-23-44-35)30-36-18-6-12-24-45-36;3*1-2-3;6*2-1(3)4;;;/h1-24H,25-30H2;3*1H3;;;;;;;;;/q;;;;6*-1;3*+2. The van der Waals surface area contributed by atoms with Crippen LogP contribution in [0.15, 0.2) is 146 Å². The van der Waals surface area contributed by atoms with Gasteiger partial charge in [0.1, 0.15) is 0 Å². The van der Waals surface area contributed by atoms with Crippen molar-refractivity contribution in [2.75, 3.05) is 14.7 Å². The van der Waals surface area contributed by atoms with Gasteiger partial charge in [-0.25, -0.2) is 0 Å². The Morgan fingerprint density at radius 3 is 0.517 bits per heavy atom. The van der Waals surface area contributed by atoms with Crippen molar-refractivity contribution in [3.05, 3.63) is 272 Å². The molecule has 0 radical (unpaired) electrons. The SMILES string of the molecule is CC#N.CC#N.CC#N.O=[N+]([O-])[O-].O=[N+]([O-])[O-].O=[N+]([O-])[O-].O=[N+]([O-])[O-].O=[N+]([O-])[O-].O=[N+]([O-])[O-].[Zn+2].[Zn+2].[Zn+2].c1ccc(CN(Cc2ccccn2)c2nc(N(Cc3ccccn3)Cc3ccccn3)nc(N(Cc3ccccn3)Cc3ccccn3)n2)nc1. The summed E-state index contributed by atoms with van der Waals surface area (Å²) < 4.78 is 0. The van der Waals surface area contributed by atoms with Crippen LogP contribution >= 0.6 is 0 Å². The van der Waals surface area contributed by atoms with Crippen molar-refractivity contribution in [1.82, 2.24) is 44.9 Å². The van der Waals surface area contributed by atoms with E-state index in [1.807, 2.05) is 109 Å². The summed E-state index contributed by atoms with van der Waals surface area (Å²) in [7, 11) is 0. The number of nitriles is 3. The zero-order valence-electron chi connectivity index (χ0n) is 46.0. The molecule has 7 aromatic rings. The quantitative estimate of drug-likeness (QED) is 0.0644. The maximum absolute atomic E-state index is 8.25. The molecule has 7 heterocycles. The van der Waals surface area contributed by atoms with Crippen LogP contribution in [0.4, 0.5) is 17.8 Å². The first kappa shape index (κ1) is 87.1. The average molecular weight is 1360 g/mol. The Morgan fingerprint density at radius 1 is 0.310 bits per heavy atom. The van der Waals surface area contributed by atoms with Crippen molar-refractivity contribution in [3.63, 3.8) is 0 Å². The summed E-state index contributed by atoms with van der Waals surface area (Å²) in [4.78, 5) is 99.1. The molecule has 0 unspecified atom stereocenters. The Balaban J connectivity index is -0.000000379. The molecule has 0 aromatic carbocycles. The van der Waals surface area contributed by atoms with E-state index in [2.05, 4.69) is 44.6 Å². The molecule has 0 bridgehead atoms. The van der Waals surface area contributed by atoms with Gasteiger partial charge in [-0.05, 0) is 72.8 Å². The first-order valence-corrected chi connectivity index (χ1v) is 22.1. The number of aromatic nitrogens is 9. The van der Waals surface area contributed by atoms with Gasteiger partial charge in [-0.2, -0.15) is 30.7 Å². The first-order chi connectivity index (χ1) is 39.9. The second-order valence-corrected chi connectivity index (χ2v) is 13.7. The second-order valence-electron chi connectivity index (χ2n) is 13.7. The molecule has 39 nitrogen and oxygen atoms in total. The van der Waals surface area contributed by atoms with Crippen LogP contribution in [0.3, 0.4) is 0 Å². The third kappa shape index (κ3) is 55.2. The van der Waals surface area contributed by atoms with Gasteiger partial charge in [0.2, 0.25) is 17.8 Å². The monoisotopic (exact) mass is 1360 g/mol. The Morgan fingerprint density at radius 2 is 0.425 bits per heavy atom. The average Bonchev–Trinajstić information content (AvgIpc) is 2.51. The van der Waals surface area contributed by atoms with Gasteiger partial charge >= 0.3 is 58.4 Å². The molecule has 0 spiro atoms. The molecular formula is C45H45N21O18Zn3. The molecule has 7 aromatic heterocycles.